The molecule has 1 heterocycles. The zero-order valence-electron chi connectivity index (χ0n) is 13.4. The fourth-order valence-electron chi connectivity index (χ4n) is 2.29. The summed E-state index contributed by atoms with van der Waals surface area (Å²) >= 11 is 7.86. The van der Waals surface area contributed by atoms with E-state index in [-0.39, 0.29) is 0 Å². The van der Waals surface area contributed by atoms with E-state index >= 15 is 0 Å². The number of hydrogen-bond donors (Lipinski definition) is 1. The first kappa shape index (κ1) is 17.2. The molecule has 3 rings (SSSR count). The standard InChI is InChI=1S/C19H14ClN3OS/c1-25-14-6-4-5-13(11-14)22-10-9-18-16(12-21)19(23-24-18)15-7-2-3-8-17(15)20/h2-11,22H,1H3. The highest BCUT2D eigenvalue weighted by Gasteiger charge is 2.17. The smallest absolute Gasteiger partial charge is 0.179 e. The van der Waals surface area contributed by atoms with Crippen molar-refractivity contribution in [2.75, 3.05) is 11.6 Å². The Bertz CT molecular complexity index is 959. The van der Waals surface area contributed by atoms with E-state index in [4.69, 9.17) is 16.1 Å². The minimum Gasteiger partial charge on any atom is -0.362 e. The maximum atomic E-state index is 9.47. The molecule has 0 saturated carbocycles. The van der Waals surface area contributed by atoms with E-state index in [1.807, 2.05) is 42.7 Å². The quantitative estimate of drug-likeness (QED) is 0.588. The van der Waals surface area contributed by atoms with Crippen molar-refractivity contribution < 1.29 is 4.52 Å². The van der Waals surface area contributed by atoms with Crippen LogP contribution in [0, 0.1) is 11.3 Å². The zero-order valence-corrected chi connectivity index (χ0v) is 14.9. The molecule has 0 aliphatic carbocycles. The summed E-state index contributed by atoms with van der Waals surface area (Å²) in [7, 11) is 0. The molecule has 0 radical (unpaired) electrons. The number of halogens is 1. The maximum absolute atomic E-state index is 9.47. The van der Waals surface area contributed by atoms with Gasteiger partial charge in [-0.15, -0.1) is 11.8 Å². The second-order valence-electron chi connectivity index (χ2n) is 5.07. The molecular weight excluding hydrogens is 354 g/mol. The van der Waals surface area contributed by atoms with Crippen LogP contribution in [-0.4, -0.2) is 11.4 Å². The van der Waals surface area contributed by atoms with Crippen molar-refractivity contribution in [2.45, 2.75) is 4.90 Å². The second kappa shape index (κ2) is 7.93. The Hall–Kier alpha value is -2.68. The summed E-state index contributed by atoms with van der Waals surface area (Å²) in [4.78, 5) is 1.16. The molecule has 124 valence electrons. The first-order valence-electron chi connectivity index (χ1n) is 7.44. The summed E-state index contributed by atoms with van der Waals surface area (Å²) in [5.74, 6) is 0.381. The normalized spacial score (nSPS) is 10.8. The predicted molar refractivity (Wildman–Crippen MR) is 103 cm³/mol. The van der Waals surface area contributed by atoms with E-state index in [0.717, 1.165) is 10.6 Å². The monoisotopic (exact) mass is 367 g/mol. The van der Waals surface area contributed by atoms with Gasteiger partial charge in [0.2, 0.25) is 0 Å². The molecule has 0 unspecified atom stereocenters. The van der Waals surface area contributed by atoms with E-state index in [1.165, 1.54) is 0 Å². The number of nitrogens with one attached hydrogen (secondary N) is 1. The SMILES string of the molecule is CSc1cccc(NC=Cc2onc(-c3ccccc3Cl)c2C#N)c1. The third-order valence-electron chi connectivity index (χ3n) is 3.51. The molecule has 0 bridgehead atoms. The summed E-state index contributed by atoms with van der Waals surface area (Å²) in [6, 6.07) is 17.4. The molecule has 0 saturated heterocycles. The topological polar surface area (TPSA) is 61.9 Å². The second-order valence-corrected chi connectivity index (χ2v) is 6.36. The highest BCUT2D eigenvalue weighted by molar-refractivity contribution is 7.98. The lowest BCUT2D eigenvalue weighted by Crippen LogP contribution is -1.87. The fourth-order valence-corrected chi connectivity index (χ4v) is 2.97. The van der Waals surface area contributed by atoms with E-state index in [0.29, 0.717) is 27.6 Å². The summed E-state index contributed by atoms with van der Waals surface area (Å²) in [6.07, 6.45) is 5.42. The maximum Gasteiger partial charge on any atom is 0.179 e. The lowest BCUT2D eigenvalue weighted by molar-refractivity contribution is 0.415. The third kappa shape index (κ3) is 3.87. The molecule has 3 aromatic rings. The van der Waals surface area contributed by atoms with Crippen LogP contribution < -0.4 is 5.32 Å². The number of anilines is 1. The van der Waals surface area contributed by atoms with Gasteiger partial charge in [-0.05, 0) is 30.5 Å². The van der Waals surface area contributed by atoms with Crippen LogP contribution in [0.25, 0.3) is 17.3 Å². The Morgan fingerprint density at radius 1 is 1.24 bits per heavy atom. The number of nitriles is 1. The number of nitrogens with zero attached hydrogens (tertiary/aromatic N) is 2. The van der Waals surface area contributed by atoms with Gasteiger partial charge in [-0.3, -0.25) is 0 Å². The van der Waals surface area contributed by atoms with Crippen LogP contribution in [-0.2, 0) is 0 Å². The summed E-state index contributed by atoms with van der Waals surface area (Å²) in [5, 5.41) is 17.2. The van der Waals surface area contributed by atoms with Gasteiger partial charge in [0.15, 0.2) is 5.76 Å². The Morgan fingerprint density at radius 3 is 2.84 bits per heavy atom. The van der Waals surface area contributed by atoms with Gasteiger partial charge in [0.05, 0.1) is 5.02 Å². The molecular formula is C19H14ClN3OS. The Kier molecular flexibility index (Phi) is 5.44. The molecule has 0 fully saturated rings. The van der Waals surface area contributed by atoms with Gasteiger partial charge in [-0.1, -0.05) is 41.0 Å². The van der Waals surface area contributed by atoms with Crippen molar-refractivity contribution >= 4 is 35.1 Å². The van der Waals surface area contributed by atoms with Gasteiger partial charge in [-0.25, -0.2) is 0 Å². The molecule has 0 aliphatic rings. The fraction of sp³-hybridized carbons (Fsp3) is 0.0526. The molecule has 2 aromatic carbocycles. The van der Waals surface area contributed by atoms with E-state index in [9.17, 15) is 5.26 Å². The van der Waals surface area contributed by atoms with Crippen molar-refractivity contribution in [2.24, 2.45) is 0 Å². The summed E-state index contributed by atoms with van der Waals surface area (Å²) in [6.45, 7) is 0. The molecule has 0 aliphatic heterocycles. The molecule has 0 spiro atoms. The molecule has 6 heteroatoms. The van der Waals surface area contributed by atoms with Crippen molar-refractivity contribution in [3.05, 3.63) is 71.1 Å². The van der Waals surface area contributed by atoms with Crippen LogP contribution >= 0.6 is 23.4 Å². The van der Waals surface area contributed by atoms with E-state index < -0.39 is 0 Å². The summed E-state index contributed by atoms with van der Waals surface area (Å²) < 4.78 is 5.32. The average molecular weight is 368 g/mol. The Morgan fingerprint density at radius 2 is 2.08 bits per heavy atom. The zero-order chi connectivity index (χ0) is 17.6. The molecule has 1 aromatic heterocycles. The summed E-state index contributed by atoms with van der Waals surface area (Å²) in [5.41, 5.74) is 2.42. The highest BCUT2D eigenvalue weighted by atomic mass is 35.5. The molecule has 0 atom stereocenters. The van der Waals surface area contributed by atoms with Gasteiger partial charge >= 0.3 is 0 Å². The molecule has 1 N–H and O–H groups in total. The molecule has 25 heavy (non-hydrogen) atoms. The van der Waals surface area contributed by atoms with E-state index in [1.54, 1.807) is 36.2 Å². The number of thioether (sulfide) groups is 1. The first-order chi connectivity index (χ1) is 12.2. The predicted octanol–water partition coefficient (Wildman–Crippen LogP) is 5.67. The van der Waals surface area contributed by atoms with Crippen molar-refractivity contribution in [1.29, 1.82) is 5.26 Å². The van der Waals surface area contributed by atoms with Crippen molar-refractivity contribution in [1.82, 2.24) is 5.16 Å². The van der Waals surface area contributed by atoms with Crippen LogP contribution in [0.2, 0.25) is 5.02 Å². The lowest BCUT2D eigenvalue weighted by atomic mass is 10.1. The van der Waals surface area contributed by atoms with Gasteiger partial charge in [0.25, 0.3) is 0 Å². The Labute approximate surface area is 155 Å². The van der Waals surface area contributed by atoms with Gasteiger partial charge in [0, 0.05) is 28.4 Å². The number of rotatable bonds is 5. The molecule has 4 nitrogen and oxygen atoms in total. The van der Waals surface area contributed by atoms with Gasteiger partial charge in [-0.2, -0.15) is 5.26 Å². The van der Waals surface area contributed by atoms with Crippen LogP contribution in [0.4, 0.5) is 5.69 Å². The van der Waals surface area contributed by atoms with Crippen LogP contribution in [0.1, 0.15) is 11.3 Å². The number of aromatic nitrogens is 1. The van der Waals surface area contributed by atoms with Gasteiger partial charge in [0.1, 0.15) is 17.3 Å². The third-order valence-corrected chi connectivity index (χ3v) is 4.57. The van der Waals surface area contributed by atoms with Crippen LogP contribution in [0.3, 0.4) is 0 Å². The van der Waals surface area contributed by atoms with Crippen LogP contribution in [0.5, 0.6) is 0 Å². The van der Waals surface area contributed by atoms with Crippen LogP contribution in [0.15, 0.2) is 64.1 Å². The number of hydrogen-bond acceptors (Lipinski definition) is 5. The van der Waals surface area contributed by atoms with Crippen molar-refractivity contribution in [3.8, 4) is 17.3 Å². The molecule has 0 amide bonds. The average Bonchev–Trinajstić information content (AvgIpc) is 3.05. The van der Waals surface area contributed by atoms with E-state index in [2.05, 4.69) is 16.5 Å². The number of benzene rings is 2. The lowest BCUT2D eigenvalue weighted by Gasteiger charge is -2.02. The largest absolute Gasteiger partial charge is 0.362 e. The Balaban J connectivity index is 1.84. The minimum absolute atomic E-state index is 0.351. The first-order valence-corrected chi connectivity index (χ1v) is 9.05. The highest BCUT2D eigenvalue weighted by Crippen LogP contribution is 2.31. The van der Waals surface area contributed by atoms with Gasteiger partial charge < -0.3 is 9.84 Å². The minimum atomic E-state index is 0.351. The van der Waals surface area contributed by atoms with Crippen molar-refractivity contribution in [3.63, 3.8) is 0 Å².